The van der Waals surface area contributed by atoms with Crippen molar-refractivity contribution in [3.05, 3.63) is 28.0 Å². The van der Waals surface area contributed by atoms with Gasteiger partial charge in [-0.2, -0.15) is 0 Å². The van der Waals surface area contributed by atoms with Gasteiger partial charge in [-0.3, -0.25) is 0 Å². The van der Waals surface area contributed by atoms with Crippen LogP contribution in [0.3, 0.4) is 0 Å². The Balaban J connectivity index is 3.16. The van der Waals surface area contributed by atoms with Crippen LogP contribution in [0.2, 0.25) is 0 Å². The van der Waals surface area contributed by atoms with E-state index in [1.165, 1.54) is 19.2 Å². The highest BCUT2D eigenvalue weighted by molar-refractivity contribution is 9.10. The molecule has 1 rings (SSSR count). The second-order valence-corrected chi connectivity index (χ2v) is 6.75. The van der Waals surface area contributed by atoms with Crippen LogP contribution in [0, 0.1) is 5.82 Å². The van der Waals surface area contributed by atoms with E-state index >= 15 is 0 Å². The van der Waals surface area contributed by atoms with Crippen LogP contribution < -0.4 is 10.5 Å². The van der Waals surface area contributed by atoms with Gasteiger partial charge in [0.25, 0.3) is 0 Å². The van der Waals surface area contributed by atoms with Crippen molar-refractivity contribution < 1.29 is 17.5 Å². The van der Waals surface area contributed by atoms with Crippen molar-refractivity contribution in [1.82, 2.24) is 0 Å². The van der Waals surface area contributed by atoms with Crippen molar-refractivity contribution in [1.29, 1.82) is 0 Å². The van der Waals surface area contributed by atoms with Gasteiger partial charge in [0.2, 0.25) is 0 Å². The molecule has 4 nitrogen and oxygen atoms in total. The van der Waals surface area contributed by atoms with Crippen LogP contribution in [0.25, 0.3) is 0 Å². The standard InChI is InChI=1S/C10H13BrFNO3S/c1-16-10-4-8(12)7(11)3-6(10)9(13)5-17(2,14)15/h3-4,9H,5,13H2,1-2H3. The molecule has 0 fully saturated rings. The summed E-state index contributed by atoms with van der Waals surface area (Å²) in [5.41, 5.74) is 6.22. The lowest BCUT2D eigenvalue weighted by atomic mass is 10.1. The zero-order valence-electron chi connectivity index (χ0n) is 9.41. The van der Waals surface area contributed by atoms with Gasteiger partial charge in [-0.15, -0.1) is 0 Å². The lowest BCUT2D eigenvalue weighted by Crippen LogP contribution is -2.21. The molecule has 0 saturated carbocycles. The second kappa shape index (κ2) is 5.32. The Morgan fingerprint density at radius 2 is 2.12 bits per heavy atom. The van der Waals surface area contributed by atoms with E-state index in [2.05, 4.69) is 15.9 Å². The lowest BCUT2D eigenvalue weighted by Gasteiger charge is -2.15. The van der Waals surface area contributed by atoms with Gasteiger partial charge in [0, 0.05) is 23.9 Å². The van der Waals surface area contributed by atoms with E-state index in [9.17, 15) is 12.8 Å². The van der Waals surface area contributed by atoms with Crippen molar-refractivity contribution >= 4 is 25.8 Å². The fourth-order valence-corrected chi connectivity index (χ4v) is 2.62. The van der Waals surface area contributed by atoms with Crippen LogP contribution in [0.5, 0.6) is 5.75 Å². The predicted octanol–water partition coefficient (Wildman–Crippen LogP) is 1.64. The molecule has 0 aromatic heterocycles. The summed E-state index contributed by atoms with van der Waals surface area (Å²) in [5.74, 6) is -0.472. The first-order valence-corrected chi connectivity index (χ1v) is 7.56. The van der Waals surface area contributed by atoms with Crippen molar-refractivity contribution in [3.8, 4) is 5.75 Å². The van der Waals surface area contributed by atoms with E-state index in [0.717, 1.165) is 6.26 Å². The van der Waals surface area contributed by atoms with Crippen molar-refractivity contribution in [2.75, 3.05) is 19.1 Å². The van der Waals surface area contributed by atoms with E-state index in [1.54, 1.807) is 0 Å². The maximum atomic E-state index is 13.3. The molecule has 0 aliphatic rings. The zero-order chi connectivity index (χ0) is 13.2. The van der Waals surface area contributed by atoms with Gasteiger partial charge in [0.05, 0.1) is 17.3 Å². The molecular formula is C10H13BrFNO3S. The number of halogens is 2. The summed E-state index contributed by atoms with van der Waals surface area (Å²) >= 11 is 3.02. The molecule has 0 spiro atoms. The monoisotopic (exact) mass is 325 g/mol. The minimum absolute atomic E-state index is 0.220. The van der Waals surface area contributed by atoms with Gasteiger partial charge in [-0.1, -0.05) is 0 Å². The first kappa shape index (κ1) is 14.4. The molecular weight excluding hydrogens is 313 g/mol. The van der Waals surface area contributed by atoms with Gasteiger partial charge < -0.3 is 10.5 Å². The topological polar surface area (TPSA) is 69.4 Å². The minimum Gasteiger partial charge on any atom is -0.496 e. The van der Waals surface area contributed by atoms with Gasteiger partial charge in [-0.25, -0.2) is 12.8 Å². The Kier molecular flexibility index (Phi) is 4.51. The molecule has 7 heteroatoms. The number of nitrogens with two attached hydrogens (primary N) is 1. The minimum atomic E-state index is -3.21. The molecule has 0 bridgehead atoms. The van der Waals surface area contributed by atoms with Crippen molar-refractivity contribution in [3.63, 3.8) is 0 Å². The third-order valence-electron chi connectivity index (χ3n) is 2.15. The molecule has 1 aromatic carbocycles. The molecule has 0 saturated heterocycles. The second-order valence-electron chi connectivity index (χ2n) is 3.71. The largest absolute Gasteiger partial charge is 0.496 e. The summed E-state index contributed by atoms with van der Waals surface area (Å²) in [6.07, 6.45) is 1.10. The lowest BCUT2D eigenvalue weighted by molar-refractivity contribution is 0.403. The van der Waals surface area contributed by atoms with Gasteiger partial charge >= 0.3 is 0 Å². The fraction of sp³-hybridized carbons (Fsp3) is 0.400. The maximum absolute atomic E-state index is 13.3. The van der Waals surface area contributed by atoms with Crippen LogP contribution in [-0.2, 0) is 9.84 Å². The number of hydrogen-bond donors (Lipinski definition) is 1. The summed E-state index contributed by atoms with van der Waals surface area (Å²) < 4.78 is 40.8. The molecule has 1 atom stereocenters. The SMILES string of the molecule is COc1cc(F)c(Br)cc1C(N)CS(C)(=O)=O. The predicted molar refractivity (Wildman–Crippen MR) is 67.3 cm³/mol. The van der Waals surface area contributed by atoms with Crippen LogP contribution >= 0.6 is 15.9 Å². The highest BCUT2D eigenvalue weighted by atomic mass is 79.9. The van der Waals surface area contributed by atoms with E-state index in [1.807, 2.05) is 0 Å². The normalized spacial score (nSPS) is 13.5. The molecule has 96 valence electrons. The number of methoxy groups -OCH3 is 1. The first-order valence-electron chi connectivity index (χ1n) is 4.71. The highest BCUT2D eigenvalue weighted by Gasteiger charge is 2.19. The number of ether oxygens (including phenoxy) is 1. The molecule has 1 unspecified atom stereocenters. The van der Waals surface area contributed by atoms with E-state index in [4.69, 9.17) is 10.5 Å². The Morgan fingerprint density at radius 3 is 2.59 bits per heavy atom. The third-order valence-corrected chi connectivity index (χ3v) is 3.73. The Bertz CT molecular complexity index is 519. The molecule has 1 aromatic rings. The summed E-state index contributed by atoms with van der Waals surface area (Å²) in [4.78, 5) is 0. The summed E-state index contributed by atoms with van der Waals surface area (Å²) in [6, 6.07) is 1.85. The molecule has 0 heterocycles. The number of benzene rings is 1. The average molecular weight is 326 g/mol. The van der Waals surface area contributed by atoms with Gasteiger partial charge in [-0.05, 0) is 22.0 Å². The number of sulfone groups is 1. The quantitative estimate of drug-likeness (QED) is 0.913. The van der Waals surface area contributed by atoms with Crippen molar-refractivity contribution in [2.45, 2.75) is 6.04 Å². The Labute approximate surface area is 108 Å². The molecule has 17 heavy (non-hydrogen) atoms. The smallest absolute Gasteiger partial charge is 0.149 e. The zero-order valence-corrected chi connectivity index (χ0v) is 11.8. The van der Waals surface area contributed by atoms with E-state index in [0.29, 0.717) is 5.56 Å². The summed E-state index contributed by atoms with van der Waals surface area (Å²) in [7, 11) is -1.83. The van der Waals surface area contributed by atoms with Crippen LogP contribution in [0.15, 0.2) is 16.6 Å². The van der Waals surface area contributed by atoms with Gasteiger partial charge in [0.1, 0.15) is 21.4 Å². The highest BCUT2D eigenvalue weighted by Crippen LogP contribution is 2.30. The van der Waals surface area contributed by atoms with Crippen LogP contribution in [0.4, 0.5) is 4.39 Å². The Morgan fingerprint density at radius 1 is 1.53 bits per heavy atom. The van der Waals surface area contributed by atoms with Crippen molar-refractivity contribution in [2.24, 2.45) is 5.73 Å². The first-order chi connectivity index (χ1) is 7.74. The van der Waals surface area contributed by atoms with E-state index < -0.39 is 21.7 Å². The van der Waals surface area contributed by atoms with Gasteiger partial charge in [0.15, 0.2) is 0 Å². The average Bonchev–Trinajstić information content (AvgIpc) is 2.18. The summed E-state index contributed by atoms with van der Waals surface area (Å²) in [5, 5.41) is 0. The van der Waals surface area contributed by atoms with Crippen LogP contribution in [0.1, 0.15) is 11.6 Å². The Hall–Kier alpha value is -0.660. The third kappa shape index (κ3) is 3.93. The maximum Gasteiger partial charge on any atom is 0.149 e. The fourth-order valence-electron chi connectivity index (χ4n) is 1.43. The van der Waals surface area contributed by atoms with E-state index in [-0.39, 0.29) is 16.0 Å². The van der Waals surface area contributed by atoms with Crippen LogP contribution in [-0.4, -0.2) is 27.5 Å². The molecule has 0 aliphatic heterocycles. The number of hydrogen-bond acceptors (Lipinski definition) is 4. The number of rotatable bonds is 4. The molecule has 2 N–H and O–H groups in total. The molecule has 0 radical (unpaired) electrons. The molecule has 0 amide bonds. The molecule has 0 aliphatic carbocycles. The summed E-state index contributed by atoms with van der Waals surface area (Å²) in [6.45, 7) is 0.